The largest absolute Gasteiger partial charge is 0.350 e. The van der Waals surface area contributed by atoms with Gasteiger partial charge in [-0.05, 0) is 25.5 Å². The molecule has 1 aliphatic heterocycles. The van der Waals surface area contributed by atoms with Gasteiger partial charge in [0, 0.05) is 20.1 Å². The molecule has 0 radical (unpaired) electrons. The Morgan fingerprint density at radius 1 is 1.28 bits per heavy atom. The van der Waals surface area contributed by atoms with E-state index in [1.54, 1.807) is 0 Å². The Bertz CT molecular complexity index is 1180. The number of fused-ring (bicyclic) bond motifs is 1. The second kappa shape index (κ2) is 8.91. The van der Waals surface area contributed by atoms with Crippen molar-refractivity contribution in [3.63, 3.8) is 0 Å². The van der Waals surface area contributed by atoms with E-state index < -0.39 is 29.9 Å². The highest BCUT2D eigenvalue weighted by Gasteiger charge is 2.37. The maximum atomic E-state index is 14.5. The summed E-state index contributed by atoms with van der Waals surface area (Å²) in [6, 6.07) is 9.16. The highest BCUT2D eigenvalue weighted by Crippen LogP contribution is 2.33. The van der Waals surface area contributed by atoms with Crippen LogP contribution in [0.15, 0.2) is 35.1 Å². The lowest BCUT2D eigenvalue weighted by Gasteiger charge is -2.23. The van der Waals surface area contributed by atoms with E-state index in [2.05, 4.69) is 20.6 Å². The quantitative estimate of drug-likeness (QED) is 0.558. The average Bonchev–Trinajstić information content (AvgIpc) is 3.42. The molecule has 3 heterocycles. The Morgan fingerprint density at radius 3 is 2.75 bits per heavy atom. The number of aromatic nitrogens is 3. The van der Waals surface area contributed by atoms with Gasteiger partial charge in [0.1, 0.15) is 6.04 Å². The number of carbonyl (C=O) groups is 1. The van der Waals surface area contributed by atoms with Gasteiger partial charge in [-0.1, -0.05) is 41.7 Å². The molecule has 0 spiro atoms. The third kappa shape index (κ3) is 4.22. The molecule has 0 unspecified atom stereocenters. The van der Waals surface area contributed by atoms with E-state index in [0.29, 0.717) is 24.6 Å². The Kier molecular flexibility index (Phi) is 6.20. The van der Waals surface area contributed by atoms with E-state index in [1.807, 2.05) is 35.2 Å². The second-order valence-electron chi connectivity index (χ2n) is 7.74. The number of nitrogens with zero attached hydrogens (tertiary/aromatic N) is 4. The van der Waals surface area contributed by atoms with Gasteiger partial charge >= 0.3 is 5.92 Å². The Labute approximate surface area is 187 Å². The molecule has 2 aromatic heterocycles. The summed E-state index contributed by atoms with van der Waals surface area (Å²) in [6.45, 7) is 0.364. The number of nitrogens with one attached hydrogen (secondary N) is 2. The first kappa shape index (κ1) is 22.3. The van der Waals surface area contributed by atoms with E-state index in [1.165, 1.54) is 14.1 Å². The van der Waals surface area contributed by atoms with Crippen molar-refractivity contribution in [2.24, 2.45) is 7.05 Å². The molecule has 1 atom stereocenters. The molecule has 0 saturated carbocycles. The number of carbonyl (C=O) groups excluding carboxylic acids is 1. The summed E-state index contributed by atoms with van der Waals surface area (Å²) < 4.78 is 29.8. The normalized spacial score (nSPS) is 16.6. The minimum atomic E-state index is -3.31. The smallest absolute Gasteiger partial charge is 0.317 e. The maximum Gasteiger partial charge on any atom is 0.317 e. The van der Waals surface area contributed by atoms with Crippen LogP contribution in [-0.2, 0) is 24.3 Å². The van der Waals surface area contributed by atoms with Gasteiger partial charge in [0.15, 0.2) is 21.3 Å². The van der Waals surface area contributed by atoms with Crippen LogP contribution < -0.4 is 21.1 Å². The predicted molar refractivity (Wildman–Crippen MR) is 119 cm³/mol. The maximum absolute atomic E-state index is 14.5. The molecule has 0 aliphatic carbocycles. The van der Waals surface area contributed by atoms with E-state index >= 15 is 0 Å². The average molecular weight is 463 g/mol. The number of rotatable bonds is 7. The molecule has 11 heteroatoms. The van der Waals surface area contributed by atoms with Crippen molar-refractivity contribution in [1.29, 1.82) is 0 Å². The summed E-state index contributed by atoms with van der Waals surface area (Å²) in [5, 5.41) is 5.81. The minimum Gasteiger partial charge on any atom is -0.350 e. The van der Waals surface area contributed by atoms with Crippen LogP contribution in [0.1, 0.15) is 24.2 Å². The topological polar surface area (TPSA) is 92.2 Å². The molecule has 8 nitrogen and oxygen atoms in total. The highest BCUT2D eigenvalue weighted by molar-refractivity contribution is 7.21. The van der Waals surface area contributed by atoms with Gasteiger partial charge in [0.2, 0.25) is 5.91 Å². The first-order chi connectivity index (χ1) is 15.3. The number of halogens is 2. The SMILES string of the molecule is CNCC(F)(F)c1nc2sc(N3CCC[C@@H]3C(=O)NCc3ccccc3)nc2c(=O)n1C. The third-order valence-electron chi connectivity index (χ3n) is 5.47. The monoisotopic (exact) mass is 462 g/mol. The van der Waals surface area contributed by atoms with E-state index in [-0.39, 0.29) is 16.3 Å². The van der Waals surface area contributed by atoms with E-state index in [4.69, 9.17) is 0 Å². The zero-order chi connectivity index (χ0) is 22.9. The van der Waals surface area contributed by atoms with E-state index in [9.17, 15) is 18.4 Å². The van der Waals surface area contributed by atoms with Crippen LogP contribution in [0, 0.1) is 0 Å². The van der Waals surface area contributed by atoms with Gasteiger partial charge in [-0.25, -0.2) is 9.97 Å². The second-order valence-corrected chi connectivity index (χ2v) is 8.70. The number of likely N-dealkylation sites (N-methyl/N-ethyl adjacent to an activating group) is 1. The number of alkyl halides is 2. The Hall–Kier alpha value is -2.92. The van der Waals surface area contributed by atoms with Gasteiger partial charge in [0.25, 0.3) is 5.56 Å². The molecule has 1 fully saturated rings. The lowest BCUT2D eigenvalue weighted by molar-refractivity contribution is -0.122. The fourth-order valence-electron chi connectivity index (χ4n) is 3.86. The Morgan fingerprint density at radius 2 is 2.03 bits per heavy atom. The fraction of sp³-hybridized carbons (Fsp3) is 0.429. The van der Waals surface area contributed by atoms with Crippen molar-refractivity contribution in [3.8, 4) is 0 Å². The summed E-state index contributed by atoms with van der Waals surface area (Å²) in [6.07, 6.45) is 1.43. The van der Waals surface area contributed by atoms with Crippen LogP contribution in [0.2, 0.25) is 0 Å². The molecule has 3 aromatic rings. The molecular formula is C21H24F2N6O2S. The van der Waals surface area contributed by atoms with Crippen molar-refractivity contribution < 1.29 is 13.6 Å². The molecule has 1 aromatic carbocycles. The minimum absolute atomic E-state index is 0.0341. The predicted octanol–water partition coefficient (Wildman–Crippen LogP) is 1.99. The standard InChI is InChI=1S/C21H24F2N6O2S/c1-24-12-21(22,23)19-27-17-15(18(31)28(19)2)26-20(32-17)29-10-6-9-14(29)16(30)25-11-13-7-4-3-5-8-13/h3-5,7-8,14,24H,6,9-12H2,1-2H3,(H,25,30)/t14-/m1/s1. The first-order valence-corrected chi connectivity index (χ1v) is 11.1. The van der Waals surface area contributed by atoms with Gasteiger partial charge in [0.05, 0.1) is 6.54 Å². The molecule has 32 heavy (non-hydrogen) atoms. The van der Waals surface area contributed by atoms with Crippen molar-refractivity contribution in [2.45, 2.75) is 31.4 Å². The van der Waals surface area contributed by atoms with Crippen molar-refractivity contribution in [1.82, 2.24) is 25.2 Å². The lowest BCUT2D eigenvalue weighted by Crippen LogP contribution is -2.43. The zero-order valence-electron chi connectivity index (χ0n) is 17.8. The van der Waals surface area contributed by atoms with E-state index in [0.717, 1.165) is 27.9 Å². The summed E-state index contributed by atoms with van der Waals surface area (Å²) >= 11 is 1.06. The number of benzene rings is 1. The van der Waals surface area contributed by atoms with Crippen molar-refractivity contribution >= 4 is 32.7 Å². The van der Waals surface area contributed by atoms with Crippen molar-refractivity contribution in [2.75, 3.05) is 25.0 Å². The molecule has 0 bridgehead atoms. The van der Waals surface area contributed by atoms with Crippen LogP contribution in [0.3, 0.4) is 0 Å². The fourth-order valence-corrected chi connectivity index (χ4v) is 4.87. The van der Waals surface area contributed by atoms with Crippen LogP contribution in [0.4, 0.5) is 13.9 Å². The van der Waals surface area contributed by atoms with Gasteiger partial charge in [-0.2, -0.15) is 8.78 Å². The Balaban J connectivity index is 1.60. The number of anilines is 1. The summed E-state index contributed by atoms with van der Waals surface area (Å²) in [4.78, 5) is 36.0. The van der Waals surface area contributed by atoms with Crippen LogP contribution in [-0.4, -0.2) is 46.6 Å². The number of thiazole rings is 1. The number of amides is 1. The molecule has 4 rings (SSSR count). The van der Waals surface area contributed by atoms with Crippen LogP contribution >= 0.6 is 11.3 Å². The van der Waals surface area contributed by atoms with Gasteiger partial charge in [-0.3, -0.25) is 14.2 Å². The molecular weight excluding hydrogens is 438 g/mol. The van der Waals surface area contributed by atoms with Crippen molar-refractivity contribution in [3.05, 3.63) is 52.1 Å². The number of hydrogen-bond acceptors (Lipinski definition) is 7. The zero-order valence-corrected chi connectivity index (χ0v) is 18.6. The summed E-state index contributed by atoms with van der Waals surface area (Å²) in [5.74, 6) is -4.06. The van der Waals surface area contributed by atoms with Gasteiger partial charge in [-0.15, -0.1) is 0 Å². The van der Waals surface area contributed by atoms with Crippen LogP contribution in [0.5, 0.6) is 0 Å². The molecule has 1 aliphatic rings. The molecule has 170 valence electrons. The lowest BCUT2D eigenvalue weighted by atomic mass is 10.2. The molecule has 1 saturated heterocycles. The van der Waals surface area contributed by atoms with Gasteiger partial charge < -0.3 is 15.5 Å². The summed E-state index contributed by atoms with van der Waals surface area (Å²) in [5.41, 5.74) is 0.396. The highest BCUT2D eigenvalue weighted by atomic mass is 32.1. The molecule has 1 amide bonds. The number of hydrogen-bond donors (Lipinski definition) is 2. The first-order valence-electron chi connectivity index (χ1n) is 10.3. The molecule has 2 N–H and O–H groups in total. The third-order valence-corrected chi connectivity index (χ3v) is 6.45. The van der Waals surface area contributed by atoms with Crippen LogP contribution in [0.25, 0.3) is 10.3 Å². The summed E-state index contributed by atoms with van der Waals surface area (Å²) in [7, 11) is 2.67.